The van der Waals surface area contributed by atoms with E-state index in [1.807, 2.05) is 19.9 Å². The number of aliphatic carboxylic acids is 1. The molecule has 8 amide bonds. The first kappa shape index (κ1) is 57.8. The summed E-state index contributed by atoms with van der Waals surface area (Å²) in [5, 5.41) is 18.1. The smallest absolute Gasteiger partial charge is 0.326 e. The number of carbonyl (C=O) groups is 9. The van der Waals surface area contributed by atoms with Gasteiger partial charge in [-0.25, -0.2) is 9.69 Å². The first-order valence-corrected chi connectivity index (χ1v) is 24.4. The average molecular weight is 1000 g/mol. The molecule has 0 bridgehead atoms. The van der Waals surface area contributed by atoms with Gasteiger partial charge in [0, 0.05) is 64.7 Å². The quantitative estimate of drug-likeness (QED) is 0.0809. The van der Waals surface area contributed by atoms with Crippen molar-refractivity contribution in [2.24, 2.45) is 23.7 Å². The highest BCUT2D eigenvalue weighted by molar-refractivity contribution is 6.28. The van der Waals surface area contributed by atoms with Crippen LogP contribution in [0.1, 0.15) is 90.1 Å². The summed E-state index contributed by atoms with van der Waals surface area (Å²) < 4.78 is 11.9. The summed E-state index contributed by atoms with van der Waals surface area (Å²) in [5.74, 6) is -7.62. The van der Waals surface area contributed by atoms with E-state index in [0.717, 1.165) is 28.7 Å². The normalized spacial score (nSPS) is 17.9. The van der Waals surface area contributed by atoms with Gasteiger partial charge < -0.3 is 45.2 Å². The van der Waals surface area contributed by atoms with E-state index < -0.39 is 107 Å². The molecule has 2 aromatic rings. The molecule has 2 aliphatic heterocycles. The fourth-order valence-corrected chi connectivity index (χ4v) is 9.67. The van der Waals surface area contributed by atoms with Gasteiger partial charge in [-0.3, -0.25) is 38.4 Å². The minimum absolute atomic E-state index is 0.0145. The number of carboxylic acids is 1. The molecule has 2 aromatic carbocycles. The van der Waals surface area contributed by atoms with Crippen LogP contribution in [0.2, 0.25) is 0 Å². The molecule has 2 heterocycles. The minimum atomic E-state index is -1.18. The van der Waals surface area contributed by atoms with E-state index >= 15 is 0 Å². The molecule has 19 nitrogen and oxygen atoms in total. The number of methoxy groups -OCH3 is 2. The Labute approximate surface area is 422 Å². The SMILES string of the molecule is C=CC(=O)Nc1cc(C(=O)N(C)[C@H](C(=O)N[C@H](C(=O)N(C)[C@@H]([C@@H](C)CC)[C@@H](CC(=O)N2CCC[C@H]2[C@H](OC)[C@@H](C)C(=O)N[C@@H](Cc2ccccc2)C(=O)O)OC)C(C)C)C(C)C)cc(N2C(=O)C=CC2=O)c1. The predicted octanol–water partition coefficient (Wildman–Crippen LogP) is 4.21. The molecule has 2 aliphatic rings. The van der Waals surface area contributed by atoms with Gasteiger partial charge >= 0.3 is 5.97 Å². The van der Waals surface area contributed by atoms with Crippen molar-refractivity contribution in [2.75, 3.05) is 45.1 Å². The largest absolute Gasteiger partial charge is 0.480 e. The van der Waals surface area contributed by atoms with E-state index in [4.69, 9.17) is 9.47 Å². The van der Waals surface area contributed by atoms with E-state index in [0.29, 0.717) is 25.8 Å². The van der Waals surface area contributed by atoms with Crippen LogP contribution in [-0.4, -0.2) is 150 Å². The molecule has 4 N–H and O–H groups in total. The molecule has 9 atom stereocenters. The fraction of sp³-hybridized carbons (Fsp3) is 0.528. The summed E-state index contributed by atoms with van der Waals surface area (Å²) in [6, 6.07) is 8.41. The highest BCUT2D eigenvalue weighted by Crippen LogP contribution is 2.31. The number of imide groups is 1. The van der Waals surface area contributed by atoms with Crippen LogP contribution < -0.4 is 20.9 Å². The monoisotopic (exact) mass is 1000 g/mol. The maximum Gasteiger partial charge on any atom is 0.326 e. The second kappa shape index (κ2) is 26.1. The zero-order chi connectivity index (χ0) is 53.7. The van der Waals surface area contributed by atoms with Crippen molar-refractivity contribution in [3.63, 3.8) is 0 Å². The maximum absolute atomic E-state index is 14.8. The van der Waals surface area contributed by atoms with Gasteiger partial charge in [0.1, 0.15) is 18.1 Å². The number of benzene rings is 2. The van der Waals surface area contributed by atoms with E-state index in [1.165, 1.54) is 49.3 Å². The molecule has 4 rings (SSSR count). The third kappa shape index (κ3) is 14.0. The van der Waals surface area contributed by atoms with Gasteiger partial charge in [-0.15, -0.1) is 0 Å². The Morgan fingerprint density at radius 2 is 1.50 bits per heavy atom. The molecule has 19 heteroatoms. The minimum Gasteiger partial charge on any atom is -0.480 e. The number of amides is 8. The topological polar surface area (TPSA) is 241 Å². The Morgan fingerprint density at radius 1 is 0.861 bits per heavy atom. The van der Waals surface area contributed by atoms with Crippen LogP contribution in [0.5, 0.6) is 0 Å². The molecule has 0 aromatic heterocycles. The molecule has 0 spiro atoms. The third-order valence-corrected chi connectivity index (χ3v) is 13.7. The fourth-order valence-electron chi connectivity index (χ4n) is 9.67. The number of likely N-dealkylation sites (tertiary alicyclic amines) is 1. The number of rotatable bonds is 25. The van der Waals surface area contributed by atoms with Crippen molar-refractivity contribution in [1.82, 2.24) is 25.3 Å². The van der Waals surface area contributed by atoms with E-state index in [-0.39, 0.29) is 41.6 Å². The number of carbonyl (C=O) groups excluding carboxylic acids is 8. The van der Waals surface area contributed by atoms with Crippen molar-refractivity contribution >= 4 is 64.6 Å². The Balaban J connectivity index is 1.54. The van der Waals surface area contributed by atoms with Crippen LogP contribution in [0.4, 0.5) is 11.4 Å². The lowest BCUT2D eigenvalue weighted by molar-refractivity contribution is -0.148. The van der Waals surface area contributed by atoms with Crippen molar-refractivity contribution in [2.45, 2.75) is 123 Å². The van der Waals surface area contributed by atoms with Gasteiger partial charge in [0.15, 0.2) is 0 Å². The number of anilines is 2. The number of nitrogens with one attached hydrogen (secondary N) is 3. The zero-order valence-electron chi connectivity index (χ0n) is 43.4. The number of hydrogen-bond donors (Lipinski definition) is 4. The lowest BCUT2D eigenvalue weighted by Crippen LogP contribution is -2.60. The van der Waals surface area contributed by atoms with Crippen LogP contribution in [-0.2, 0) is 54.3 Å². The number of carboxylic acid groups (broad SMARTS) is 1. The van der Waals surface area contributed by atoms with Crippen molar-refractivity contribution < 1.29 is 57.7 Å². The predicted molar refractivity (Wildman–Crippen MR) is 270 cm³/mol. The van der Waals surface area contributed by atoms with Gasteiger partial charge in [-0.05, 0) is 60.4 Å². The van der Waals surface area contributed by atoms with Crippen LogP contribution in [0.25, 0.3) is 0 Å². The average Bonchev–Trinajstić information content (AvgIpc) is 3.97. The van der Waals surface area contributed by atoms with Crippen LogP contribution in [0, 0.1) is 23.7 Å². The van der Waals surface area contributed by atoms with Crippen molar-refractivity contribution in [1.29, 1.82) is 0 Å². The second-order valence-corrected chi connectivity index (χ2v) is 19.3. The molecular weight excluding hydrogens is 927 g/mol. The summed E-state index contributed by atoms with van der Waals surface area (Å²) in [5.41, 5.74) is 0.805. The lowest BCUT2D eigenvalue weighted by atomic mass is 9.89. The highest BCUT2D eigenvalue weighted by Gasteiger charge is 2.44. The Morgan fingerprint density at radius 3 is 2.04 bits per heavy atom. The van der Waals surface area contributed by atoms with Crippen molar-refractivity contribution in [3.8, 4) is 0 Å². The summed E-state index contributed by atoms with van der Waals surface area (Å²) in [7, 11) is 5.95. The van der Waals surface area contributed by atoms with Crippen LogP contribution >= 0.6 is 0 Å². The van der Waals surface area contributed by atoms with Gasteiger partial charge in [-0.2, -0.15) is 0 Å². The van der Waals surface area contributed by atoms with E-state index in [2.05, 4.69) is 22.5 Å². The number of likely N-dealkylation sites (N-methyl/N-ethyl adjacent to an activating group) is 2. The Hall–Kier alpha value is -6.73. The number of ether oxygens (including phenoxy) is 2. The van der Waals surface area contributed by atoms with Crippen LogP contribution in [0.15, 0.2) is 73.3 Å². The number of nitrogens with zero attached hydrogens (tertiary/aromatic N) is 4. The standard InChI is InChI=1S/C53H73N7O12/c1-13-32(7)47(40(71-11)29-44(64)59-24-18-21-39(59)48(72-12)33(8)49(65)55-38(53(69)70)25-34-19-16-15-17-20-34)58(10)52(68)45(30(3)4)56-50(66)46(31(5)6)57(9)51(67)35-26-36(54-41(61)14-2)28-37(27-35)60-42(62)22-23-43(60)63/h14-17,19-20,22-23,26-28,30-33,38-40,45-48H,2,13,18,21,24-25,29H2,1,3-12H3,(H,54,61)(H,55,65)(H,56,66)(H,69,70)/t32-,33+,38-,39-,40+,45-,46-,47-,48+/m0/s1. The molecule has 0 saturated carbocycles. The van der Waals surface area contributed by atoms with Gasteiger partial charge in [0.2, 0.25) is 29.5 Å². The van der Waals surface area contributed by atoms with Gasteiger partial charge in [0.25, 0.3) is 17.7 Å². The molecule has 72 heavy (non-hydrogen) atoms. The molecular formula is C53H73N7O12. The maximum atomic E-state index is 14.8. The lowest BCUT2D eigenvalue weighted by Gasteiger charge is -2.41. The van der Waals surface area contributed by atoms with Gasteiger partial charge in [0.05, 0.1) is 42.3 Å². The first-order chi connectivity index (χ1) is 34.0. The summed E-state index contributed by atoms with van der Waals surface area (Å²) in [6.45, 7) is 16.4. The van der Waals surface area contributed by atoms with Crippen LogP contribution in [0.3, 0.4) is 0 Å². The molecule has 0 radical (unpaired) electrons. The second-order valence-electron chi connectivity index (χ2n) is 19.3. The first-order valence-electron chi connectivity index (χ1n) is 24.4. The third-order valence-electron chi connectivity index (χ3n) is 13.7. The molecule has 392 valence electrons. The summed E-state index contributed by atoms with van der Waals surface area (Å²) in [6.07, 6.45) is 3.31. The molecule has 0 unspecified atom stereocenters. The molecule has 1 saturated heterocycles. The van der Waals surface area contributed by atoms with Gasteiger partial charge in [-0.1, -0.05) is 91.8 Å². The molecule has 0 aliphatic carbocycles. The van der Waals surface area contributed by atoms with Crippen molar-refractivity contribution in [3.05, 3.63) is 84.5 Å². The summed E-state index contributed by atoms with van der Waals surface area (Å²) in [4.78, 5) is 127. The zero-order valence-corrected chi connectivity index (χ0v) is 43.4. The molecule has 1 fully saturated rings. The Kier molecular flexibility index (Phi) is 21.0. The Bertz CT molecular complexity index is 2340. The summed E-state index contributed by atoms with van der Waals surface area (Å²) >= 11 is 0. The highest BCUT2D eigenvalue weighted by atomic mass is 16.5. The number of hydrogen-bond acceptors (Lipinski definition) is 11. The van der Waals surface area contributed by atoms with E-state index in [9.17, 15) is 48.3 Å². The van der Waals surface area contributed by atoms with E-state index in [1.54, 1.807) is 70.8 Å².